The molecule has 2 heterocycles. The number of carbonyl (C=O) groups excluding carboxylic acids is 2. The molecule has 0 saturated heterocycles. The Morgan fingerprint density at radius 3 is 2.79 bits per heavy atom. The van der Waals surface area contributed by atoms with Crippen LogP contribution in [0.4, 0.5) is 10.7 Å². The van der Waals surface area contributed by atoms with E-state index in [-0.39, 0.29) is 21.8 Å². The van der Waals surface area contributed by atoms with Crippen molar-refractivity contribution in [1.29, 1.82) is 0 Å². The SMILES string of the molecule is C[C@@H]1Cc2ccccc2N1C(=O)COC(=O)c1ccc([N+](=O)[O-])s1. The fourth-order valence-corrected chi connectivity index (χ4v) is 3.46. The number of hydrogen-bond acceptors (Lipinski definition) is 6. The van der Waals surface area contributed by atoms with Gasteiger partial charge in [0.15, 0.2) is 6.61 Å². The van der Waals surface area contributed by atoms with Crippen LogP contribution in [0.1, 0.15) is 22.2 Å². The Balaban J connectivity index is 1.65. The van der Waals surface area contributed by atoms with E-state index in [9.17, 15) is 19.7 Å². The summed E-state index contributed by atoms with van der Waals surface area (Å²) in [7, 11) is 0. The molecule has 0 radical (unpaired) electrons. The molecule has 1 aromatic carbocycles. The molecule has 0 fully saturated rings. The zero-order valence-corrected chi connectivity index (χ0v) is 13.6. The van der Waals surface area contributed by atoms with Crippen molar-refractivity contribution in [2.75, 3.05) is 11.5 Å². The summed E-state index contributed by atoms with van der Waals surface area (Å²) >= 11 is 0.724. The van der Waals surface area contributed by atoms with E-state index < -0.39 is 17.5 Å². The Morgan fingerprint density at radius 2 is 2.08 bits per heavy atom. The molecule has 0 bridgehead atoms. The molecule has 8 heteroatoms. The van der Waals surface area contributed by atoms with Crippen LogP contribution >= 0.6 is 11.3 Å². The van der Waals surface area contributed by atoms with Crippen LogP contribution in [0.25, 0.3) is 0 Å². The normalized spacial score (nSPS) is 15.9. The molecule has 124 valence electrons. The minimum atomic E-state index is -0.735. The van der Waals surface area contributed by atoms with Crippen molar-refractivity contribution < 1.29 is 19.2 Å². The third kappa shape index (κ3) is 3.00. The number of rotatable bonds is 4. The van der Waals surface area contributed by atoms with Crippen molar-refractivity contribution in [3.63, 3.8) is 0 Å². The van der Waals surface area contributed by atoms with Gasteiger partial charge in [0.25, 0.3) is 5.91 Å². The molecule has 0 aliphatic carbocycles. The number of anilines is 1. The van der Waals surface area contributed by atoms with E-state index >= 15 is 0 Å². The standard InChI is InChI=1S/C16H14N2O5S/c1-10-8-11-4-2-3-5-12(11)17(10)14(19)9-23-16(20)13-6-7-15(24-13)18(21)22/h2-7,10H,8-9H2,1H3/t10-/m1/s1. The Bertz CT molecular complexity index is 816. The summed E-state index contributed by atoms with van der Waals surface area (Å²) in [5, 5.41) is 10.5. The number of fused-ring (bicyclic) bond motifs is 1. The molecule has 0 N–H and O–H groups in total. The molecule has 0 saturated carbocycles. The summed E-state index contributed by atoms with van der Waals surface area (Å²) in [6, 6.07) is 10.2. The number of amides is 1. The van der Waals surface area contributed by atoms with Gasteiger partial charge in [-0.1, -0.05) is 29.5 Å². The van der Waals surface area contributed by atoms with Gasteiger partial charge in [0.05, 0.1) is 4.92 Å². The van der Waals surface area contributed by atoms with Gasteiger partial charge in [0, 0.05) is 17.8 Å². The number of nitrogens with zero attached hydrogens (tertiary/aromatic N) is 2. The highest BCUT2D eigenvalue weighted by atomic mass is 32.1. The van der Waals surface area contributed by atoms with Crippen LogP contribution in [0.5, 0.6) is 0 Å². The Labute approximate surface area is 141 Å². The van der Waals surface area contributed by atoms with Gasteiger partial charge >= 0.3 is 11.0 Å². The molecule has 2 aromatic rings. The average molecular weight is 346 g/mol. The van der Waals surface area contributed by atoms with Gasteiger partial charge in [-0.25, -0.2) is 4.79 Å². The highest BCUT2D eigenvalue weighted by Crippen LogP contribution is 2.32. The van der Waals surface area contributed by atoms with E-state index in [1.807, 2.05) is 31.2 Å². The number of benzene rings is 1. The second kappa shape index (κ2) is 6.40. The second-order valence-electron chi connectivity index (χ2n) is 5.42. The Morgan fingerprint density at radius 1 is 1.33 bits per heavy atom. The molecule has 7 nitrogen and oxygen atoms in total. The van der Waals surface area contributed by atoms with Gasteiger partial charge in [-0.3, -0.25) is 14.9 Å². The lowest BCUT2D eigenvalue weighted by atomic mass is 10.1. The van der Waals surface area contributed by atoms with Crippen molar-refractivity contribution in [2.24, 2.45) is 0 Å². The van der Waals surface area contributed by atoms with Gasteiger partial charge < -0.3 is 9.64 Å². The molecule has 1 aliphatic rings. The monoisotopic (exact) mass is 346 g/mol. The van der Waals surface area contributed by atoms with E-state index in [1.165, 1.54) is 12.1 Å². The van der Waals surface area contributed by atoms with Crippen LogP contribution in [0.15, 0.2) is 36.4 Å². The maximum absolute atomic E-state index is 12.4. The summed E-state index contributed by atoms with van der Waals surface area (Å²) in [5.74, 6) is -1.05. The number of hydrogen-bond donors (Lipinski definition) is 0. The van der Waals surface area contributed by atoms with Crippen molar-refractivity contribution in [3.05, 3.63) is 57.0 Å². The number of esters is 1. The van der Waals surface area contributed by atoms with Crippen molar-refractivity contribution >= 4 is 33.9 Å². The minimum absolute atomic E-state index is 0.00331. The highest BCUT2D eigenvalue weighted by molar-refractivity contribution is 7.17. The van der Waals surface area contributed by atoms with Gasteiger partial charge in [0.2, 0.25) is 0 Å². The van der Waals surface area contributed by atoms with E-state index in [4.69, 9.17) is 4.74 Å². The van der Waals surface area contributed by atoms with Crippen molar-refractivity contribution in [1.82, 2.24) is 0 Å². The predicted molar refractivity (Wildman–Crippen MR) is 88.3 cm³/mol. The van der Waals surface area contributed by atoms with Crippen LogP contribution in [0.3, 0.4) is 0 Å². The molecule has 0 spiro atoms. The number of para-hydroxylation sites is 1. The second-order valence-corrected chi connectivity index (χ2v) is 6.48. The van der Waals surface area contributed by atoms with Gasteiger partial charge in [-0.15, -0.1) is 0 Å². The Kier molecular flexibility index (Phi) is 4.30. The van der Waals surface area contributed by atoms with Gasteiger partial charge in [-0.2, -0.15) is 0 Å². The minimum Gasteiger partial charge on any atom is -0.451 e. The topological polar surface area (TPSA) is 89.8 Å². The van der Waals surface area contributed by atoms with Crippen LogP contribution in [-0.4, -0.2) is 29.4 Å². The Hall–Kier alpha value is -2.74. The third-order valence-electron chi connectivity index (χ3n) is 3.78. The fraction of sp³-hybridized carbons (Fsp3) is 0.250. The summed E-state index contributed by atoms with van der Waals surface area (Å²) in [5.41, 5.74) is 1.91. The van der Waals surface area contributed by atoms with E-state index in [2.05, 4.69) is 0 Å². The fourth-order valence-electron chi connectivity index (χ4n) is 2.75. The zero-order chi connectivity index (χ0) is 17.3. The summed E-state index contributed by atoms with van der Waals surface area (Å²) < 4.78 is 5.02. The number of ether oxygens (including phenoxy) is 1. The summed E-state index contributed by atoms with van der Waals surface area (Å²) in [6.45, 7) is 1.53. The molecule has 1 aromatic heterocycles. The number of nitro groups is 1. The van der Waals surface area contributed by atoms with Crippen LogP contribution in [0, 0.1) is 10.1 Å². The molecule has 0 unspecified atom stereocenters. The molecule has 1 aliphatic heterocycles. The summed E-state index contributed by atoms with van der Waals surface area (Å²) in [6.07, 6.45) is 0.757. The van der Waals surface area contributed by atoms with Crippen molar-refractivity contribution in [2.45, 2.75) is 19.4 Å². The first kappa shape index (κ1) is 16.1. The smallest absolute Gasteiger partial charge is 0.349 e. The first-order valence-electron chi connectivity index (χ1n) is 7.28. The van der Waals surface area contributed by atoms with E-state index in [0.717, 1.165) is 29.0 Å². The first-order valence-corrected chi connectivity index (χ1v) is 8.10. The lowest BCUT2D eigenvalue weighted by molar-refractivity contribution is -0.380. The van der Waals surface area contributed by atoms with Crippen LogP contribution < -0.4 is 4.90 Å². The van der Waals surface area contributed by atoms with E-state index in [1.54, 1.807) is 4.90 Å². The highest BCUT2D eigenvalue weighted by Gasteiger charge is 2.31. The molecular formula is C16H14N2O5S. The first-order chi connectivity index (χ1) is 11.5. The third-order valence-corrected chi connectivity index (χ3v) is 4.79. The van der Waals surface area contributed by atoms with Crippen molar-refractivity contribution in [3.8, 4) is 0 Å². The molecule has 3 rings (SSSR count). The van der Waals surface area contributed by atoms with Gasteiger partial charge in [0.1, 0.15) is 4.88 Å². The number of thiophene rings is 1. The molecular weight excluding hydrogens is 332 g/mol. The van der Waals surface area contributed by atoms with Crippen LogP contribution in [0.2, 0.25) is 0 Å². The average Bonchev–Trinajstić information content (AvgIpc) is 3.16. The number of carbonyl (C=O) groups is 2. The van der Waals surface area contributed by atoms with Gasteiger partial charge in [-0.05, 0) is 31.0 Å². The maximum Gasteiger partial charge on any atom is 0.349 e. The largest absolute Gasteiger partial charge is 0.451 e. The van der Waals surface area contributed by atoms with Crippen LogP contribution in [-0.2, 0) is 16.0 Å². The van der Waals surface area contributed by atoms with E-state index in [0.29, 0.717) is 0 Å². The lowest BCUT2D eigenvalue weighted by Gasteiger charge is -2.22. The molecule has 1 amide bonds. The quantitative estimate of drug-likeness (QED) is 0.482. The molecule has 1 atom stereocenters. The molecule has 24 heavy (non-hydrogen) atoms. The lowest BCUT2D eigenvalue weighted by Crippen LogP contribution is -2.38. The predicted octanol–water partition coefficient (Wildman–Crippen LogP) is 2.79. The summed E-state index contributed by atoms with van der Waals surface area (Å²) in [4.78, 5) is 36.1. The maximum atomic E-state index is 12.4. The zero-order valence-electron chi connectivity index (χ0n) is 12.8.